The van der Waals surface area contributed by atoms with Gasteiger partial charge in [-0.05, 0) is 25.0 Å². The van der Waals surface area contributed by atoms with Crippen molar-refractivity contribution in [3.8, 4) is 5.88 Å². The number of rotatable bonds is 3. The molecule has 1 amide bonds. The molecule has 134 valence electrons. The minimum Gasteiger partial charge on any atom is -0.480 e. The molecule has 6 nitrogen and oxygen atoms in total. The number of aromatic amines is 1. The topological polar surface area (TPSA) is 71.1 Å². The first-order valence-electron chi connectivity index (χ1n) is 7.80. The fourth-order valence-corrected chi connectivity index (χ4v) is 2.96. The van der Waals surface area contributed by atoms with Crippen LogP contribution in [0.1, 0.15) is 40.6 Å². The Bertz CT molecular complexity index is 760. The second kappa shape index (κ2) is 6.73. The third kappa shape index (κ3) is 3.59. The molecule has 1 fully saturated rings. The molecule has 1 atom stereocenters. The third-order valence-electron chi connectivity index (χ3n) is 4.19. The molecule has 0 saturated carbocycles. The SMILES string of the molecule is COc1ncccc1C(=O)N1CCC[C@@H](c2ncc(C(F)(F)F)[nH]2)C1. The van der Waals surface area contributed by atoms with Crippen LogP contribution < -0.4 is 4.74 Å². The van der Waals surface area contributed by atoms with Gasteiger partial charge in [0.25, 0.3) is 5.91 Å². The van der Waals surface area contributed by atoms with Crippen molar-refractivity contribution in [1.29, 1.82) is 0 Å². The molecule has 3 heterocycles. The average Bonchev–Trinajstić information content (AvgIpc) is 3.12. The maximum absolute atomic E-state index is 12.7. The molecule has 2 aromatic heterocycles. The van der Waals surface area contributed by atoms with Gasteiger partial charge < -0.3 is 14.6 Å². The van der Waals surface area contributed by atoms with Gasteiger partial charge in [0.1, 0.15) is 17.1 Å². The Morgan fingerprint density at radius 3 is 2.88 bits per heavy atom. The van der Waals surface area contributed by atoms with E-state index in [1.54, 1.807) is 17.0 Å². The van der Waals surface area contributed by atoms with Gasteiger partial charge in [0, 0.05) is 25.2 Å². The predicted molar refractivity (Wildman–Crippen MR) is 82.3 cm³/mol. The summed E-state index contributed by atoms with van der Waals surface area (Å²) in [5.74, 6) is -0.0383. The Hall–Kier alpha value is -2.58. The standard InChI is InChI=1S/C16H17F3N4O2/c1-25-14-11(5-2-6-20-14)15(24)23-7-3-4-10(9-23)13-21-8-12(22-13)16(17,18)19/h2,5-6,8,10H,3-4,7,9H2,1H3,(H,21,22)/t10-/m1/s1. The van der Waals surface area contributed by atoms with Crippen molar-refractivity contribution in [1.82, 2.24) is 19.9 Å². The molecule has 1 N–H and O–H groups in total. The fourth-order valence-electron chi connectivity index (χ4n) is 2.96. The summed E-state index contributed by atoms with van der Waals surface area (Å²) in [5, 5.41) is 0. The molecular formula is C16H17F3N4O2. The Morgan fingerprint density at radius 2 is 2.20 bits per heavy atom. The van der Waals surface area contributed by atoms with Crippen molar-refractivity contribution in [3.05, 3.63) is 41.6 Å². The number of hydrogen-bond acceptors (Lipinski definition) is 4. The lowest BCUT2D eigenvalue weighted by atomic mass is 9.97. The van der Waals surface area contributed by atoms with Crippen molar-refractivity contribution in [2.24, 2.45) is 0 Å². The summed E-state index contributed by atoms with van der Waals surface area (Å²) in [6, 6.07) is 3.26. The van der Waals surface area contributed by atoms with E-state index >= 15 is 0 Å². The number of amides is 1. The summed E-state index contributed by atoms with van der Waals surface area (Å²) in [4.78, 5) is 24.5. The van der Waals surface area contributed by atoms with Crippen LogP contribution in [0, 0.1) is 0 Å². The van der Waals surface area contributed by atoms with E-state index in [-0.39, 0.29) is 23.5 Å². The van der Waals surface area contributed by atoms with Crippen LogP contribution in [0.15, 0.2) is 24.5 Å². The zero-order valence-electron chi connectivity index (χ0n) is 13.5. The van der Waals surface area contributed by atoms with E-state index in [1.807, 2.05) is 0 Å². The maximum Gasteiger partial charge on any atom is 0.432 e. The highest BCUT2D eigenvalue weighted by atomic mass is 19.4. The number of likely N-dealkylation sites (tertiary alicyclic amines) is 1. The van der Waals surface area contributed by atoms with Crippen molar-refractivity contribution >= 4 is 5.91 Å². The molecule has 0 spiro atoms. The summed E-state index contributed by atoms with van der Waals surface area (Å²) in [5.41, 5.74) is -0.541. The highest BCUT2D eigenvalue weighted by Crippen LogP contribution is 2.31. The molecule has 0 aromatic carbocycles. The lowest BCUT2D eigenvalue weighted by Crippen LogP contribution is -2.39. The minimum atomic E-state index is -4.46. The Labute approximate surface area is 142 Å². The van der Waals surface area contributed by atoms with Gasteiger partial charge in [-0.15, -0.1) is 0 Å². The molecule has 0 bridgehead atoms. The average molecular weight is 354 g/mol. The van der Waals surface area contributed by atoms with Gasteiger partial charge in [0.15, 0.2) is 0 Å². The summed E-state index contributed by atoms with van der Waals surface area (Å²) >= 11 is 0. The van der Waals surface area contributed by atoms with Gasteiger partial charge in [-0.3, -0.25) is 4.79 Å². The molecular weight excluding hydrogens is 337 g/mol. The highest BCUT2D eigenvalue weighted by molar-refractivity contribution is 5.96. The number of halogens is 3. The smallest absolute Gasteiger partial charge is 0.432 e. The van der Waals surface area contributed by atoms with Crippen LogP contribution in [0.2, 0.25) is 0 Å². The van der Waals surface area contributed by atoms with E-state index < -0.39 is 11.9 Å². The molecule has 25 heavy (non-hydrogen) atoms. The largest absolute Gasteiger partial charge is 0.480 e. The zero-order valence-corrected chi connectivity index (χ0v) is 13.5. The van der Waals surface area contributed by atoms with Crippen LogP contribution in [0.5, 0.6) is 5.88 Å². The van der Waals surface area contributed by atoms with Crippen LogP contribution in [0.25, 0.3) is 0 Å². The summed E-state index contributed by atoms with van der Waals surface area (Å²) in [6.07, 6.45) is -0.797. The second-order valence-corrected chi connectivity index (χ2v) is 5.83. The maximum atomic E-state index is 12.7. The first kappa shape index (κ1) is 17.2. The number of nitrogens with zero attached hydrogens (tertiary/aromatic N) is 3. The lowest BCUT2D eigenvalue weighted by molar-refractivity contribution is -0.141. The Kier molecular flexibility index (Phi) is 4.65. The summed E-state index contributed by atoms with van der Waals surface area (Å²) < 4.78 is 43.3. The molecule has 2 aromatic rings. The van der Waals surface area contributed by atoms with E-state index in [4.69, 9.17) is 4.74 Å². The van der Waals surface area contributed by atoms with E-state index in [2.05, 4.69) is 15.0 Å². The molecule has 3 rings (SSSR count). The number of hydrogen-bond donors (Lipinski definition) is 1. The summed E-state index contributed by atoms with van der Waals surface area (Å²) in [6.45, 7) is 0.821. The van der Waals surface area contributed by atoms with Crippen LogP contribution in [-0.2, 0) is 6.18 Å². The minimum absolute atomic E-state index is 0.229. The highest BCUT2D eigenvalue weighted by Gasteiger charge is 2.35. The monoisotopic (exact) mass is 354 g/mol. The van der Waals surface area contributed by atoms with Crippen LogP contribution in [0.4, 0.5) is 13.2 Å². The number of carbonyl (C=O) groups excluding carboxylic acids is 1. The number of ether oxygens (including phenoxy) is 1. The Morgan fingerprint density at radius 1 is 1.40 bits per heavy atom. The number of carbonyl (C=O) groups is 1. The number of imidazole rings is 1. The van der Waals surface area contributed by atoms with Gasteiger partial charge in [-0.25, -0.2) is 9.97 Å². The van der Waals surface area contributed by atoms with Gasteiger partial charge >= 0.3 is 6.18 Å². The van der Waals surface area contributed by atoms with E-state index in [1.165, 1.54) is 13.3 Å². The molecule has 1 saturated heterocycles. The molecule has 0 unspecified atom stereocenters. The van der Waals surface area contributed by atoms with Gasteiger partial charge in [0.2, 0.25) is 5.88 Å². The predicted octanol–water partition coefficient (Wildman–Crippen LogP) is 2.85. The van der Waals surface area contributed by atoms with Crippen LogP contribution in [0.3, 0.4) is 0 Å². The van der Waals surface area contributed by atoms with E-state index in [0.717, 1.165) is 6.20 Å². The van der Waals surface area contributed by atoms with Gasteiger partial charge in [-0.2, -0.15) is 13.2 Å². The second-order valence-electron chi connectivity index (χ2n) is 5.83. The number of H-pyrrole nitrogens is 1. The Balaban J connectivity index is 1.77. The molecule has 1 aliphatic rings. The molecule has 1 aliphatic heterocycles. The number of methoxy groups -OCH3 is 1. The molecule has 0 radical (unpaired) electrons. The zero-order chi connectivity index (χ0) is 18.0. The van der Waals surface area contributed by atoms with Gasteiger partial charge in [-0.1, -0.05) is 0 Å². The third-order valence-corrected chi connectivity index (χ3v) is 4.19. The first-order valence-corrected chi connectivity index (χ1v) is 7.80. The van der Waals surface area contributed by atoms with Crippen molar-refractivity contribution in [2.45, 2.75) is 24.9 Å². The number of nitrogens with one attached hydrogen (secondary N) is 1. The normalized spacial score (nSPS) is 18.2. The van der Waals surface area contributed by atoms with Crippen LogP contribution in [-0.4, -0.2) is 46.0 Å². The summed E-state index contributed by atoms with van der Waals surface area (Å²) in [7, 11) is 1.43. The van der Waals surface area contributed by atoms with E-state index in [9.17, 15) is 18.0 Å². The van der Waals surface area contributed by atoms with Crippen molar-refractivity contribution in [2.75, 3.05) is 20.2 Å². The quantitative estimate of drug-likeness (QED) is 0.920. The fraction of sp³-hybridized carbons (Fsp3) is 0.438. The van der Waals surface area contributed by atoms with Gasteiger partial charge in [0.05, 0.1) is 13.3 Å². The molecule has 0 aliphatic carbocycles. The van der Waals surface area contributed by atoms with E-state index in [0.29, 0.717) is 31.5 Å². The van der Waals surface area contributed by atoms with Crippen LogP contribution >= 0.6 is 0 Å². The first-order chi connectivity index (χ1) is 11.9. The van der Waals surface area contributed by atoms with Crippen molar-refractivity contribution in [3.63, 3.8) is 0 Å². The van der Waals surface area contributed by atoms with Crippen molar-refractivity contribution < 1.29 is 22.7 Å². The molecule has 9 heteroatoms. The number of aromatic nitrogens is 3. The number of alkyl halides is 3. The number of pyridine rings is 1. The number of piperidine rings is 1. The lowest BCUT2D eigenvalue weighted by Gasteiger charge is -2.32.